The van der Waals surface area contributed by atoms with Crippen LogP contribution in [0.1, 0.15) is 19.4 Å². The molecule has 172 valence electrons. The molecule has 5 nitrogen and oxygen atoms in total. The van der Waals surface area contributed by atoms with Crippen LogP contribution >= 0.6 is 0 Å². The van der Waals surface area contributed by atoms with Crippen molar-refractivity contribution < 1.29 is 23.1 Å². The molecule has 1 heterocycles. The van der Waals surface area contributed by atoms with Gasteiger partial charge in [0.15, 0.2) is 0 Å². The van der Waals surface area contributed by atoms with E-state index in [0.717, 1.165) is 29.0 Å². The Morgan fingerprint density at radius 3 is 2.21 bits per heavy atom. The lowest BCUT2D eigenvalue weighted by molar-refractivity contribution is -0.192. The summed E-state index contributed by atoms with van der Waals surface area (Å²) in [6, 6.07) is 25.9. The zero-order chi connectivity index (χ0) is 24.0. The third-order valence-corrected chi connectivity index (χ3v) is 4.77. The van der Waals surface area contributed by atoms with Crippen LogP contribution in [0, 0.1) is 0 Å². The first-order valence-electron chi connectivity index (χ1n) is 10.3. The van der Waals surface area contributed by atoms with Gasteiger partial charge in [-0.05, 0) is 34.9 Å². The fourth-order valence-corrected chi connectivity index (χ4v) is 3.07. The molecule has 0 aliphatic rings. The van der Waals surface area contributed by atoms with E-state index in [1.165, 1.54) is 16.7 Å². The van der Waals surface area contributed by atoms with Crippen LogP contribution in [0.25, 0.3) is 33.5 Å². The van der Waals surface area contributed by atoms with Crippen molar-refractivity contribution in [1.29, 1.82) is 0 Å². The maximum atomic E-state index is 10.6. The lowest BCUT2D eigenvalue weighted by atomic mass is 10.0. The van der Waals surface area contributed by atoms with Crippen LogP contribution in [0.15, 0.2) is 72.8 Å². The van der Waals surface area contributed by atoms with E-state index in [2.05, 4.69) is 78.7 Å². The van der Waals surface area contributed by atoms with Gasteiger partial charge in [-0.1, -0.05) is 68.4 Å². The molecule has 0 spiro atoms. The molecule has 3 N–H and O–H groups in total. The van der Waals surface area contributed by atoms with Gasteiger partial charge in [0, 0.05) is 18.2 Å². The molecule has 0 aliphatic carbocycles. The molecule has 3 aromatic carbocycles. The van der Waals surface area contributed by atoms with E-state index in [1.807, 2.05) is 18.2 Å². The van der Waals surface area contributed by atoms with Crippen LogP contribution in [0.2, 0.25) is 0 Å². The van der Waals surface area contributed by atoms with Crippen molar-refractivity contribution in [2.75, 3.05) is 0 Å². The number of benzene rings is 3. The summed E-state index contributed by atoms with van der Waals surface area (Å²) in [6.45, 7) is 5.23. The highest BCUT2D eigenvalue weighted by molar-refractivity contribution is 5.80. The molecule has 33 heavy (non-hydrogen) atoms. The summed E-state index contributed by atoms with van der Waals surface area (Å²) in [5.74, 6) is -1.85. The van der Waals surface area contributed by atoms with E-state index in [-0.39, 0.29) is 0 Å². The summed E-state index contributed by atoms with van der Waals surface area (Å²) in [7, 11) is 0. The Morgan fingerprint density at radius 1 is 0.970 bits per heavy atom. The van der Waals surface area contributed by atoms with E-state index in [1.54, 1.807) is 0 Å². The van der Waals surface area contributed by atoms with Gasteiger partial charge in [0.05, 0.1) is 11.0 Å². The Labute approximate surface area is 189 Å². The van der Waals surface area contributed by atoms with E-state index < -0.39 is 12.1 Å². The Kier molecular flexibility index (Phi) is 7.50. The molecule has 0 atom stereocenters. The standard InChI is InChI=1S/C23H23N3.C2HF3O2/c1-16(2)24-15-17-10-12-18(13-11-17)19-6-5-7-20(14-19)23-25-21-8-3-4-9-22(21)26-23;3-2(4,5)1(6)7/h3-14,16,24H,15H2,1-2H3,(H,25,26);(H,6,7). The molecule has 0 radical (unpaired) electrons. The van der Waals surface area contributed by atoms with Gasteiger partial charge < -0.3 is 15.4 Å². The van der Waals surface area contributed by atoms with Gasteiger partial charge in [0.2, 0.25) is 0 Å². The number of carbonyl (C=O) groups is 1. The maximum Gasteiger partial charge on any atom is 0.490 e. The number of hydrogen-bond donors (Lipinski definition) is 3. The monoisotopic (exact) mass is 455 g/mol. The molecule has 0 saturated carbocycles. The van der Waals surface area contributed by atoms with Crippen LogP contribution in [0.5, 0.6) is 0 Å². The van der Waals surface area contributed by atoms with E-state index in [9.17, 15) is 13.2 Å². The Bertz CT molecular complexity index is 1180. The number of H-pyrrole nitrogens is 1. The number of imidazole rings is 1. The number of fused-ring (bicyclic) bond motifs is 1. The summed E-state index contributed by atoms with van der Waals surface area (Å²) < 4.78 is 31.7. The number of para-hydroxylation sites is 2. The molecule has 0 amide bonds. The number of rotatable bonds is 5. The fourth-order valence-electron chi connectivity index (χ4n) is 3.07. The summed E-state index contributed by atoms with van der Waals surface area (Å²) in [4.78, 5) is 17.0. The molecule has 0 saturated heterocycles. The summed E-state index contributed by atoms with van der Waals surface area (Å²) in [6.07, 6.45) is -5.08. The molecular formula is C25H24F3N3O2. The first kappa shape index (κ1) is 24.0. The number of hydrogen-bond acceptors (Lipinski definition) is 3. The van der Waals surface area contributed by atoms with E-state index in [0.29, 0.717) is 6.04 Å². The second-order valence-corrected chi connectivity index (χ2v) is 7.72. The van der Waals surface area contributed by atoms with Crippen LogP contribution in [0.3, 0.4) is 0 Å². The number of aliphatic carboxylic acids is 1. The smallest absolute Gasteiger partial charge is 0.475 e. The van der Waals surface area contributed by atoms with Crippen molar-refractivity contribution in [3.05, 3.63) is 78.4 Å². The first-order valence-corrected chi connectivity index (χ1v) is 10.3. The van der Waals surface area contributed by atoms with Gasteiger partial charge in [-0.3, -0.25) is 0 Å². The number of carboxylic acids is 1. The first-order chi connectivity index (χ1) is 15.6. The Hall–Kier alpha value is -3.65. The van der Waals surface area contributed by atoms with E-state index in [4.69, 9.17) is 14.9 Å². The zero-order valence-electron chi connectivity index (χ0n) is 18.1. The zero-order valence-corrected chi connectivity index (χ0v) is 18.1. The quantitative estimate of drug-likeness (QED) is 0.343. The summed E-state index contributed by atoms with van der Waals surface area (Å²) >= 11 is 0. The number of halogens is 3. The second-order valence-electron chi connectivity index (χ2n) is 7.72. The normalized spacial score (nSPS) is 11.3. The van der Waals surface area contributed by atoms with Gasteiger partial charge >= 0.3 is 12.1 Å². The molecule has 0 bridgehead atoms. The van der Waals surface area contributed by atoms with Gasteiger partial charge in [-0.2, -0.15) is 13.2 Å². The van der Waals surface area contributed by atoms with Crippen LogP contribution < -0.4 is 5.32 Å². The van der Waals surface area contributed by atoms with Gasteiger partial charge in [0.25, 0.3) is 0 Å². The predicted molar refractivity (Wildman–Crippen MR) is 123 cm³/mol. The highest BCUT2D eigenvalue weighted by atomic mass is 19.4. The third-order valence-electron chi connectivity index (χ3n) is 4.77. The SMILES string of the molecule is CC(C)NCc1ccc(-c2cccc(-c3nc4ccccc4[nH]3)c2)cc1.O=C(O)C(F)(F)F. The lowest BCUT2D eigenvalue weighted by Gasteiger charge is -2.09. The fraction of sp³-hybridized carbons (Fsp3) is 0.200. The molecule has 1 aromatic heterocycles. The predicted octanol–water partition coefficient (Wildman–Crippen LogP) is 6.03. The lowest BCUT2D eigenvalue weighted by Crippen LogP contribution is -2.21. The van der Waals surface area contributed by atoms with Crippen molar-refractivity contribution in [2.24, 2.45) is 0 Å². The average molecular weight is 455 g/mol. The number of nitrogens with one attached hydrogen (secondary N) is 2. The number of aromatic amines is 1. The highest BCUT2D eigenvalue weighted by Gasteiger charge is 2.38. The number of aromatic nitrogens is 2. The highest BCUT2D eigenvalue weighted by Crippen LogP contribution is 2.26. The van der Waals surface area contributed by atoms with Gasteiger partial charge in [-0.25, -0.2) is 9.78 Å². The van der Waals surface area contributed by atoms with E-state index >= 15 is 0 Å². The minimum absolute atomic E-state index is 0.496. The number of carboxylic acid groups (broad SMARTS) is 1. The third kappa shape index (κ3) is 6.66. The Morgan fingerprint density at radius 2 is 1.61 bits per heavy atom. The van der Waals surface area contributed by atoms with Crippen LogP contribution in [-0.2, 0) is 11.3 Å². The van der Waals surface area contributed by atoms with Crippen LogP contribution in [0.4, 0.5) is 13.2 Å². The van der Waals surface area contributed by atoms with Crippen molar-refractivity contribution in [3.8, 4) is 22.5 Å². The largest absolute Gasteiger partial charge is 0.490 e. The second kappa shape index (κ2) is 10.3. The Balaban J connectivity index is 0.000000383. The molecule has 4 rings (SSSR count). The minimum atomic E-state index is -5.08. The van der Waals surface area contributed by atoms with Crippen molar-refractivity contribution in [3.63, 3.8) is 0 Å². The molecule has 8 heteroatoms. The van der Waals surface area contributed by atoms with Gasteiger partial charge in [-0.15, -0.1) is 0 Å². The topological polar surface area (TPSA) is 78.0 Å². The van der Waals surface area contributed by atoms with Gasteiger partial charge in [0.1, 0.15) is 5.82 Å². The van der Waals surface area contributed by atoms with Crippen LogP contribution in [-0.4, -0.2) is 33.3 Å². The minimum Gasteiger partial charge on any atom is -0.475 e. The molecular weight excluding hydrogens is 431 g/mol. The maximum absolute atomic E-state index is 10.6. The summed E-state index contributed by atoms with van der Waals surface area (Å²) in [5.41, 5.74) is 6.88. The summed E-state index contributed by atoms with van der Waals surface area (Å²) in [5, 5.41) is 10.6. The molecule has 0 fully saturated rings. The van der Waals surface area contributed by atoms with Crippen molar-refractivity contribution in [2.45, 2.75) is 32.6 Å². The van der Waals surface area contributed by atoms with Crippen molar-refractivity contribution in [1.82, 2.24) is 15.3 Å². The number of nitrogens with zero attached hydrogens (tertiary/aromatic N) is 1. The van der Waals surface area contributed by atoms with Crippen molar-refractivity contribution >= 4 is 17.0 Å². The average Bonchev–Trinajstić information content (AvgIpc) is 3.22. The number of alkyl halides is 3. The molecule has 0 unspecified atom stereocenters. The molecule has 4 aromatic rings. The molecule has 0 aliphatic heterocycles.